The van der Waals surface area contributed by atoms with Crippen LogP contribution in [0.15, 0.2) is 35.2 Å². The molecule has 0 bridgehead atoms. The standard InChI is InChI=1S/C14H15FN2OS/c1-10-6-12(17(2)16-10)8-13(18)9-19-14-5-3-4-11(15)7-14/h3-7H,8-9H2,1-2H3. The van der Waals surface area contributed by atoms with Crippen molar-refractivity contribution in [1.82, 2.24) is 9.78 Å². The maximum Gasteiger partial charge on any atom is 0.149 e. The lowest BCUT2D eigenvalue weighted by Gasteiger charge is -2.02. The number of thioether (sulfide) groups is 1. The highest BCUT2D eigenvalue weighted by Crippen LogP contribution is 2.19. The van der Waals surface area contributed by atoms with Gasteiger partial charge in [-0.25, -0.2) is 4.39 Å². The van der Waals surface area contributed by atoms with Gasteiger partial charge in [-0.3, -0.25) is 9.48 Å². The summed E-state index contributed by atoms with van der Waals surface area (Å²) < 4.78 is 14.7. The molecule has 5 heteroatoms. The predicted octanol–water partition coefficient (Wildman–Crippen LogP) is 2.77. The molecule has 0 aliphatic heterocycles. The molecule has 0 N–H and O–H groups in total. The second kappa shape index (κ2) is 6.02. The molecule has 0 aliphatic rings. The molecular formula is C14H15FN2OS. The summed E-state index contributed by atoms with van der Waals surface area (Å²) in [7, 11) is 1.83. The highest BCUT2D eigenvalue weighted by Gasteiger charge is 2.09. The van der Waals surface area contributed by atoms with Gasteiger partial charge in [0, 0.05) is 24.1 Å². The largest absolute Gasteiger partial charge is 0.298 e. The minimum atomic E-state index is -0.278. The summed E-state index contributed by atoms with van der Waals surface area (Å²) in [5.74, 6) is 0.171. The van der Waals surface area contributed by atoms with Gasteiger partial charge in [0.2, 0.25) is 0 Å². The molecule has 0 amide bonds. The van der Waals surface area contributed by atoms with Crippen LogP contribution in [0.25, 0.3) is 0 Å². The maximum absolute atomic E-state index is 13.0. The number of hydrogen-bond donors (Lipinski definition) is 0. The lowest BCUT2D eigenvalue weighted by Crippen LogP contribution is -2.09. The van der Waals surface area contributed by atoms with Gasteiger partial charge >= 0.3 is 0 Å². The van der Waals surface area contributed by atoms with Crippen molar-refractivity contribution in [2.75, 3.05) is 5.75 Å². The molecule has 0 aliphatic carbocycles. The van der Waals surface area contributed by atoms with Crippen molar-refractivity contribution in [3.8, 4) is 0 Å². The van der Waals surface area contributed by atoms with Gasteiger partial charge in [0.25, 0.3) is 0 Å². The third kappa shape index (κ3) is 3.92. The summed E-state index contributed by atoms with van der Waals surface area (Å²) in [6, 6.07) is 8.18. The lowest BCUT2D eigenvalue weighted by atomic mass is 10.2. The van der Waals surface area contributed by atoms with Crippen molar-refractivity contribution in [2.24, 2.45) is 7.05 Å². The van der Waals surface area contributed by atoms with Gasteiger partial charge in [0.15, 0.2) is 0 Å². The van der Waals surface area contributed by atoms with Crippen molar-refractivity contribution >= 4 is 17.5 Å². The smallest absolute Gasteiger partial charge is 0.149 e. The zero-order chi connectivity index (χ0) is 13.8. The Balaban J connectivity index is 1.90. The molecule has 2 rings (SSSR count). The van der Waals surface area contributed by atoms with Crippen molar-refractivity contribution in [3.05, 3.63) is 47.5 Å². The highest BCUT2D eigenvalue weighted by molar-refractivity contribution is 8.00. The number of carbonyl (C=O) groups is 1. The van der Waals surface area contributed by atoms with Crippen LogP contribution in [0.5, 0.6) is 0 Å². The monoisotopic (exact) mass is 278 g/mol. The number of halogens is 1. The van der Waals surface area contributed by atoms with Crippen molar-refractivity contribution in [3.63, 3.8) is 0 Å². The molecule has 0 radical (unpaired) electrons. The topological polar surface area (TPSA) is 34.9 Å². The zero-order valence-corrected chi connectivity index (χ0v) is 11.7. The second-order valence-electron chi connectivity index (χ2n) is 4.36. The zero-order valence-electron chi connectivity index (χ0n) is 10.9. The lowest BCUT2D eigenvalue weighted by molar-refractivity contribution is -0.116. The average molecular weight is 278 g/mol. The maximum atomic E-state index is 13.0. The van der Waals surface area contributed by atoms with E-state index in [0.717, 1.165) is 16.3 Å². The number of Topliss-reactive ketones (excluding diaryl/α,β-unsaturated/α-hetero) is 1. The van der Waals surface area contributed by atoms with Crippen molar-refractivity contribution in [2.45, 2.75) is 18.2 Å². The minimum Gasteiger partial charge on any atom is -0.298 e. The van der Waals surface area contributed by atoms with E-state index in [1.807, 2.05) is 20.0 Å². The number of ketones is 1. The Morgan fingerprint density at radius 2 is 2.21 bits per heavy atom. The SMILES string of the molecule is Cc1cc(CC(=O)CSc2cccc(F)c2)n(C)n1. The number of nitrogens with zero attached hydrogens (tertiary/aromatic N) is 2. The molecule has 0 saturated heterocycles. The summed E-state index contributed by atoms with van der Waals surface area (Å²) in [4.78, 5) is 12.6. The van der Waals surface area contributed by atoms with E-state index < -0.39 is 0 Å². The Bertz CT molecular complexity index is 595. The van der Waals surface area contributed by atoms with Gasteiger partial charge in [-0.1, -0.05) is 6.07 Å². The first-order valence-corrected chi connectivity index (χ1v) is 6.93. The molecule has 1 heterocycles. The highest BCUT2D eigenvalue weighted by atomic mass is 32.2. The first kappa shape index (κ1) is 13.8. The second-order valence-corrected chi connectivity index (χ2v) is 5.41. The molecule has 0 saturated carbocycles. The molecule has 1 aromatic carbocycles. The number of hydrogen-bond acceptors (Lipinski definition) is 3. The Kier molecular flexibility index (Phi) is 4.37. The number of carbonyl (C=O) groups excluding carboxylic acids is 1. The normalized spacial score (nSPS) is 10.7. The number of benzene rings is 1. The number of rotatable bonds is 5. The fourth-order valence-corrected chi connectivity index (χ4v) is 2.60. The van der Waals surface area contributed by atoms with Crippen LogP contribution in [-0.4, -0.2) is 21.3 Å². The fraction of sp³-hybridized carbons (Fsp3) is 0.286. The Hall–Kier alpha value is -1.62. The van der Waals surface area contributed by atoms with Crippen molar-refractivity contribution in [1.29, 1.82) is 0 Å². The van der Waals surface area contributed by atoms with Crippen LogP contribution >= 0.6 is 11.8 Å². The van der Waals surface area contributed by atoms with Crippen LogP contribution in [0, 0.1) is 12.7 Å². The molecule has 19 heavy (non-hydrogen) atoms. The van der Waals surface area contributed by atoms with Gasteiger partial charge in [0.1, 0.15) is 11.6 Å². The number of aryl methyl sites for hydroxylation is 2. The summed E-state index contributed by atoms with van der Waals surface area (Å²) in [6.07, 6.45) is 0.361. The van der Waals surface area contributed by atoms with Crippen LogP contribution in [0.3, 0.4) is 0 Å². The van der Waals surface area contributed by atoms with Gasteiger partial charge in [0.05, 0.1) is 11.4 Å². The molecule has 0 spiro atoms. The predicted molar refractivity (Wildman–Crippen MR) is 73.8 cm³/mol. The van der Waals surface area contributed by atoms with Crippen LogP contribution in [0.2, 0.25) is 0 Å². The molecule has 0 fully saturated rings. The van der Waals surface area contributed by atoms with Crippen LogP contribution in [0.1, 0.15) is 11.4 Å². The summed E-state index contributed by atoms with van der Waals surface area (Å²) in [5, 5.41) is 4.20. The molecule has 3 nitrogen and oxygen atoms in total. The molecule has 0 unspecified atom stereocenters. The van der Waals surface area contributed by atoms with Crippen LogP contribution in [-0.2, 0) is 18.3 Å². The van der Waals surface area contributed by atoms with E-state index in [2.05, 4.69) is 5.10 Å². The van der Waals surface area contributed by atoms with Gasteiger partial charge < -0.3 is 0 Å². The Labute approximate surface area is 115 Å². The molecular weight excluding hydrogens is 263 g/mol. The first-order valence-electron chi connectivity index (χ1n) is 5.94. The molecule has 2 aromatic rings. The first-order chi connectivity index (χ1) is 9.04. The summed E-state index contributed by atoms with van der Waals surface area (Å²) in [6.45, 7) is 1.90. The third-order valence-electron chi connectivity index (χ3n) is 2.67. The molecule has 100 valence electrons. The van der Waals surface area contributed by atoms with E-state index in [9.17, 15) is 9.18 Å². The van der Waals surface area contributed by atoms with Crippen LogP contribution in [0.4, 0.5) is 4.39 Å². The Morgan fingerprint density at radius 1 is 1.42 bits per heavy atom. The van der Waals surface area contributed by atoms with E-state index in [4.69, 9.17) is 0 Å². The third-order valence-corrected chi connectivity index (χ3v) is 3.73. The number of aromatic nitrogens is 2. The fourth-order valence-electron chi connectivity index (χ4n) is 1.80. The molecule has 1 aromatic heterocycles. The summed E-state index contributed by atoms with van der Waals surface area (Å²) in [5.41, 5.74) is 1.81. The van der Waals surface area contributed by atoms with Crippen molar-refractivity contribution < 1.29 is 9.18 Å². The van der Waals surface area contributed by atoms with E-state index >= 15 is 0 Å². The van der Waals surface area contributed by atoms with Crippen LogP contribution < -0.4 is 0 Å². The van der Waals surface area contributed by atoms with E-state index in [1.165, 1.54) is 23.9 Å². The Morgan fingerprint density at radius 3 is 2.84 bits per heavy atom. The van der Waals surface area contributed by atoms with E-state index in [-0.39, 0.29) is 11.6 Å². The quantitative estimate of drug-likeness (QED) is 0.789. The minimum absolute atomic E-state index is 0.109. The molecule has 0 atom stereocenters. The summed E-state index contributed by atoms with van der Waals surface area (Å²) >= 11 is 1.36. The van der Waals surface area contributed by atoms with Gasteiger partial charge in [-0.15, -0.1) is 11.8 Å². The van der Waals surface area contributed by atoms with E-state index in [1.54, 1.807) is 16.8 Å². The van der Waals surface area contributed by atoms with E-state index in [0.29, 0.717) is 12.2 Å². The average Bonchev–Trinajstić information content (AvgIpc) is 2.65. The van der Waals surface area contributed by atoms with Gasteiger partial charge in [-0.05, 0) is 31.2 Å². The van der Waals surface area contributed by atoms with Gasteiger partial charge in [-0.2, -0.15) is 5.10 Å².